The molecule has 0 radical (unpaired) electrons. The molecule has 0 unspecified atom stereocenters. The number of morpholine rings is 1. The van der Waals surface area contributed by atoms with Crippen LogP contribution in [0.1, 0.15) is 11.1 Å². The summed E-state index contributed by atoms with van der Waals surface area (Å²) in [5, 5.41) is 0. The van der Waals surface area contributed by atoms with Gasteiger partial charge in [-0.1, -0.05) is 79.4 Å². The number of hydrogen-bond acceptors (Lipinski definition) is 2. The topological polar surface area (TPSA) is 12.5 Å². The first-order chi connectivity index (χ1) is 11.9. The van der Waals surface area contributed by atoms with Gasteiger partial charge in [-0.05, 0) is 22.8 Å². The van der Waals surface area contributed by atoms with E-state index in [0.29, 0.717) is 0 Å². The molecule has 0 N–H and O–H groups in total. The van der Waals surface area contributed by atoms with E-state index in [2.05, 4.69) is 78.2 Å². The summed E-state index contributed by atoms with van der Waals surface area (Å²) in [6.45, 7) is 7.25. The SMILES string of the molecule is C=C/C=C(\C=C(/c1ccccc1)N1CCOCC1)c1ccccc1. The van der Waals surface area contributed by atoms with E-state index in [-0.39, 0.29) is 0 Å². The van der Waals surface area contributed by atoms with Crippen molar-refractivity contribution in [1.29, 1.82) is 0 Å². The molecule has 1 aliphatic rings. The van der Waals surface area contributed by atoms with Crippen LogP contribution in [0.2, 0.25) is 0 Å². The molecule has 1 heterocycles. The Hall–Kier alpha value is -2.58. The van der Waals surface area contributed by atoms with Crippen LogP contribution in [0.25, 0.3) is 11.3 Å². The predicted molar refractivity (Wildman–Crippen MR) is 101 cm³/mol. The Kier molecular flexibility index (Phi) is 5.65. The molecule has 0 aromatic heterocycles. The molecule has 0 saturated carbocycles. The minimum Gasteiger partial charge on any atom is -0.378 e. The third-order valence-corrected chi connectivity index (χ3v) is 4.12. The minimum absolute atomic E-state index is 0.774. The molecule has 1 fully saturated rings. The molecular weight excluding hydrogens is 294 g/mol. The van der Waals surface area contributed by atoms with Gasteiger partial charge in [0.1, 0.15) is 0 Å². The van der Waals surface area contributed by atoms with E-state index in [9.17, 15) is 0 Å². The molecule has 24 heavy (non-hydrogen) atoms. The predicted octanol–water partition coefficient (Wildman–Crippen LogP) is 4.63. The van der Waals surface area contributed by atoms with Gasteiger partial charge < -0.3 is 9.64 Å². The second kappa shape index (κ2) is 8.32. The van der Waals surface area contributed by atoms with E-state index < -0.39 is 0 Å². The van der Waals surface area contributed by atoms with Crippen LogP contribution in [-0.2, 0) is 4.74 Å². The summed E-state index contributed by atoms with van der Waals surface area (Å²) in [5.41, 5.74) is 4.82. The fourth-order valence-electron chi connectivity index (χ4n) is 2.90. The monoisotopic (exact) mass is 317 g/mol. The highest BCUT2D eigenvalue weighted by Gasteiger charge is 2.16. The highest BCUT2D eigenvalue weighted by molar-refractivity contribution is 5.84. The van der Waals surface area contributed by atoms with E-state index in [1.165, 1.54) is 16.8 Å². The van der Waals surface area contributed by atoms with Crippen molar-refractivity contribution in [3.8, 4) is 0 Å². The molecule has 1 saturated heterocycles. The summed E-state index contributed by atoms with van der Waals surface area (Å²) in [6.07, 6.45) is 6.18. The molecule has 0 amide bonds. The molecule has 0 bridgehead atoms. The van der Waals surface area contributed by atoms with Crippen molar-refractivity contribution in [1.82, 2.24) is 4.90 Å². The maximum atomic E-state index is 5.52. The van der Waals surface area contributed by atoms with Crippen molar-refractivity contribution in [2.75, 3.05) is 26.3 Å². The average molecular weight is 317 g/mol. The molecule has 2 nitrogen and oxygen atoms in total. The first-order valence-electron chi connectivity index (χ1n) is 8.36. The second-order valence-corrected chi connectivity index (χ2v) is 5.72. The highest BCUT2D eigenvalue weighted by atomic mass is 16.5. The van der Waals surface area contributed by atoms with Crippen LogP contribution in [0, 0.1) is 0 Å². The van der Waals surface area contributed by atoms with Crippen molar-refractivity contribution in [2.24, 2.45) is 0 Å². The molecule has 1 aliphatic heterocycles. The molecule has 2 aromatic carbocycles. The van der Waals surface area contributed by atoms with Crippen molar-refractivity contribution in [3.63, 3.8) is 0 Å². The number of rotatable bonds is 5. The zero-order valence-corrected chi connectivity index (χ0v) is 13.9. The number of hydrogen-bond donors (Lipinski definition) is 0. The Morgan fingerprint density at radius 2 is 1.46 bits per heavy atom. The van der Waals surface area contributed by atoms with Gasteiger partial charge in [-0.15, -0.1) is 0 Å². The zero-order valence-electron chi connectivity index (χ0n) is 13.9. The summed E-state index contributed by atoms with van der Waals surface area (Å²) < 4.78 is 5.52. The fourth-order valence-corrected chi connectivity index (χ4v) is 2.90. The van der Waals surface area contributed by atoms with E-state index in [0.717, 1.165) is 31.9 Å². The van der Waals surface area contributed by atoms with Crippen molar-refractivity contribution in [3.05, 3.63) is 96.6 Å². The van der Waals surface area contributed by atoms with E-state index in [1.807, 2.05) is 12.1 Å². The number of nitrogens with zero attached hydrogens (tertiary/aromatic N) is 1. The van der Waals surface area contributed by atoms with Gasteiger partial charge in [0.2, 0.25) is 0 Å². The summed E-state index contributed by atoms with van der Waals surface area (Å²) in [5.74, 6) is 0. The van der Waals surface area contributed by atoms with Crippen LogP contribution in [0.3, 0.4) is 0 Å². The summed E-state index contributed by atoms with van der Waals surface area (Å²) >= 11 is 0. The standard InChI is InChI=1S/C22H23NO/c1-2-9-21(19-10-5-3-6-11-19)18-22(20-12-7-4-8-13-20)23-14-16-24-17-15-23/h2-13,18H,1,14-17H2/b21-9+,22-18+. The van der Waals surface area contributed by atoms with Gasteiger partial charge in [0.05, 0.1) is 13.2 Å². The lowest BCUT2D eigenvalue weighted by atomic mass is 10.0. The third-order valence-electron chi connectivity index (χ3n) is 4.12. The Labute approximate surface area is 144 Å². The Morgan fingerprint density at radius 3 is 2.04 bits per heavy atom. The zero-order chi connectivity index (χ0) is 16.6. The molecule has 3 rings (SSSR count). The third kappa shape index (κ3) is 4.03. The maximum absolute atomic E-state index is 5.52. The van der Waals surface area contributed by atoms with Crippen LogP contribution in [0.4, 0.5) is 0 Å². The molecule has 2 aromatic rings. The Balaban J connectivity index is 2.04. The molecule has 0 spiro atoms. The number of ether oxygens (including phenoxy) is 1. The van der Waals surface area contributed by atoms with E-state index >= 15 is 0 Å². The summed E-state index contributed by atoms with van der Waals surface area (Å²) in [7, 11) is 0. The summed E-state index contributed by atoms with van der Waals surface area (Å²) in [6, 6.07) is 21.0. The van der Waals surface area contributed by atoms with Crippen LogP contribution in [0.5, 0.6) is 0 Å². The van der Waals surface area contributed by atoms with Gasteiger partial charge in [-0.3, -0.25) is 0 Å². The summed E-state index contributed by atoms with van der Waals surface area (Å²) in [4.78, 5) is 2.40. The van der Waals surface area contributed by atoms with Gasteiger partial charge in [0.15, 0.2) is 0 Å². The first-order valence-corrected chi connectivity index (χ1v) is 8.36. The molecule has 122 valence electrons. The van der Waals surface area contributed by atoms with Crippen molar-refractivity contribution >= 4 is 11.3 Å². The van der Waals surface area contributed by atoms with Gasteiger partial charge in [-0.2, -0.15) is 0 Å². The van der Waals surface area contributed by atoms with E-state index in [1.54, 1.807) is 0 Å². The van der Waals surface area contributed by atoms with Gasteiger partial charge in [0.25, 0.3) is 0 Å². The van der Waals surface area contributed by atoms with Crippen molar-refractivity contribution in [2.45, 2.75) is 0 Å². The molecule has 0 atom stereocenters. The number of allylic oxidation sites excluding steroid dienone is 4. The minimum atomic E-state index is 0.774. The Morgan fingerprint density at radius 1 is 0.875 bits per heavy atom. The molecule has 0 aliphatic carbocycles. The van der Waals surface area contributed by atoms with Crippen LogP contribution in [0.15, 0.2) is 85.5 Å². The van der Waals surface area contributed by atoms with Crippen molar-refractivity contribution < 1.29 is 4.74 Å². The molecule has 2 heteroatoms. The van der Waals surface area contributed by atoms with Gasteiger partial charge >= 0.3 is 0 Å². The number of benzene rings is 2. The highest BCUT2D eigenvalue weighted by Crippen LogP contribution is 2.26. The Bertz CT molecular complexity index is 710. The first kappa shape index (κ1) is 16.3. The smallest absolute Gasteiger partial charge is 0.0642 e. The quantitative estimate of drug-likeness (QED) is 0.746. The lowest BCUT2D eigenvalue weighted by Crippen LogP contribution is -2.35. The second-order valence-electron chi connectivity index (χ2n) is 5.72. The lowest BCUT2D eigenvalue weighted by Gasteiger charge is -2.31. The van der Waals surface area contributed by atoms with Gasteiger partial charge in [-0.25, -0.2) is 0 Å². The largest absolute Gasteiger partial charge is 0.378 e. The lowest BCUT2D eigenvalue weighted by molar-refractivity contribution is 0.0640. The average Bonchev–Trinajstić information content (AvgIpc) is 2.67. The normalized spacial score (nSPS) is 16.1. The fraction of sp³-hybridized carbons (Fsp3) is 0.182. The van der Waals surface area contributed by atoms with Crippen LogP contribution in [-0.4, -0.2) is 31.2 Å². The van der Waals surface area contributed by atoms with Gasteiger partial charge in [0, 0.05) is 18.8 Å². The van der Waals surface area contributed by atoms with Crippen LogP contribution < -0.4 is 0 Å². The van der Waals surface area contributed by atoms with Crippen LogP contribution >= 0.6 is 0 Å². The van der Waals surface area contributed by atoms with E-state index in [4.69, 9.17) is 4.74 Å². The maximum Gasteiger partial charge on any atom is 0.0642 e. The molecular formula is C22H23NO.